The summed E-state index contributed by atoms with van der Waals surface area (Å²) < 4.78 is 10.6. The van der Waals surface area contributed by atoms with Gasteiger partial charge in [-0.3, -0.25) is 0 Å². The Kier molecular flexibility index (Phi) is 6.43. The summed E-state index contributed by atoms with van der Waals surface area (Å²) in [6, 6.07) is 8.11. The van der Waals surface area contributed by atoms with E-state index in [2.05, 4.69) is 44.0 Å². The minimum atomic E-state index is 0.556. The van der Waals surface area contributed by atoms with Crippen molar-refractivity contribution in [3.05, 3.63) is 35.4 Å². The number of rotatable bonds is 6. The SMILES string of the molecule is BrCOCc1ccccc1COCBr. The van der Waals surface area contributed by atoms with Gasteiger partial charge < -0.3 is 9.47 Å². The first-order chi connectivity index (χ1) is 6.88. The molecule has 0 aliphatic rings. The molecule has 0 bridgehead atoms. The molecular formula is C10H12Br2O2. The minimum absolute atomic E-state index is 0.556. The van der Waals surface area contributed by atoms with E-state index in [1.165, 1.54) is 11.1 Å². The Balaban J connectivity index is 2.60. The monoisotopic (exact) mass is 322 g/mol. The Morgan fingerprint density at radius 1 is 0.857 bits per heavy atom. The first-order valence-electron chi connectivity index (χ1n) is 4.22. The van der Waals surface area contributed by atoms with Gasteiger partial charge in [0.15, 0.2) is 0 Å². The summed E-state index contributed by atoms with van der Waals surface area (Å²) in [5.41, 5.74) is 3.46. The van der Waals surface area contributed by atoms with Crippen LogP contribution < -0.4 is 0 Å². The number of hydrogen-bond donors (Lipinski definition) is 0. The Labute approximate surface area is 101 Å². The number of benzene rings is 1. The molecule has 14 heavy (non-hydrogen) atoms. The van der Waals surface area contributed by atoms with E-state index in [0.717, 1.165) is 0 Å². The lowest BCUT2D eigenvalue weighted by molar-refractivity contribution is 0.156. The number of ether oxygens (including phenoxy) is 2. The molecule has 0 aliphatic heterocycles. The summed E-state index contributed by atoms with van der Waals surface area (Å²) in [6.45, 7) is 1.24. The van der Waals surface area contributed by atoms with E-state index in [9.17, 15) is 0 Å². The second-order valence-corrected chi connectivity index (χ2v) is 3.60. The molecule has 0 saturated carbocycles. The molecule has 0 atom stereocenters. The van der Waals surface area contributed by atoms with Gasteiger partial charge in [-0.25, -0.2) is 0 Å². The molecular weight excluding hydrogens is 312 g/mol. The molecule has 0 spiro atoms. The topological polar surface area (TPSA) is 18.5 Å². The quantitative estimate of drug-likeness (QED) is 0.747. The molecule has 78 valence electrons. The predicted octanol–water partition coefficient (Wildman–Crippen LogP) is 3.42. The second kappa shape index (κ2) is 7.40. The third-order valence-electron chi connectivity index (χ3n) is 1.79. The Morgan fingerprint density at radius 3 is 1.64 bits per heavy atom. The van der Waals surface area contributed by atoms with Gasteiger partial charge in [0, 0.05) is 0 Å². The third kappa shape index (κ3) is 4.09. The average molecular weight is 324 g/mol. The van der Waals surface area contributed by atoms with Crippen LogP contribution in [0.1, 0.15) is 11.1 Å². The zero-order valence-electron chi connectivity index (χ0n) is 7.71. The highest BCUT2D eigenvalue weighted by molar-refractivity contribution is 9.09. The fraction of sp³-hybridized carbons (Fsp3) is 0.400. The summed E-state index contributed by atoms with van der Waals surface area (Å²) in [7, 11) is 0. The van der Waals surface area contributed by atoms with Gasteiger partial charge in [0.1, 0.15) is 11.0 Å². The van der Waals surface area contributed by atoms with Gasteiger partial charge >= 0.3 is 0 Å². The molecule has 0 aliphatic carbocycles. The summed E-state index contributed by atoms with van der Waals surface area (Å²) in [5.74, 6) is 0. The van der Waals surface area contributed by atoms with E-state index >= 15 is 0 Å². The van der Waals surface area contributed by atoms with Crippen molar-refractivity contribution in [3.8, 4) is 0 Å². The van der Waals surface area contributed by atoms with Gasteiger partial charge in [-0.15, -0.1) is 0 Å². The molecule has 0 fully saturated rings. The van der Waals surface area contributed by atoms with Crippen LogP contribution in [0.3, 0.4) is 0 Å². The lowest BCUT2D eigenvalue weighted by Crippen LogP contribution is -1.98. The molecule has 0 aromatic heterocycles. The van der Waals surface area contributed by atoms with Crippen LogP contribution in [0.2, 0.25) is 0 Å². The molecule has 0 amide bonds. The average Bonchev–Trinajstić information content (AvgIpc) is 2.24. The molecule has 0 heterocycles. The fourth-order valence-electron chi connectivity index (χ4n) is 1.14. The molecule has 1 rings (SSSR count). The molecule has 2 nitrogen and oxygen atoms in total. The van der Waals surface area contributed by atoms with Crippen LogP contribution in [-0.4, -0.2) is 11.0 Å². The van der Waals surface area contributed by atoms with Gasteiger partial charge in [0.2, 0.25) is 0 Å². The lowest BCUT2D eigenvalue weighted by Gasteiger charge is -2.08. The summed E-state index contributed by atoms with van der Waals surface area (Å²) in [5, 5.41) is 0. The summed E-state index contributed by atoms with van der Waals surface area (Å²) >= 11 is 6.45. The van der Waals surface area contributed by atoms with Gasteiger partial charge in [0.25, 0.3) is 0 Å². The largest absolute Gasteiger partial charge is 0.366 e. The van der Waals surface area contributed by atoms with Crippen LogP contribution in [0.4, 0.5) is 0 Å². The highest BCUT2D eigenvalue weighted by Gasteiger charge is 2.01. The van der Waals surface area contributed by atoms with Crippen molar-refractivity contribution in [2.75, 3.05) is 11.0 Å². The fourth-order valence-corrected chi connectivity index (χ4v) is 1.46. The summed E-state index contributed by atoms with van der Waals surface area (Å²) in [4.78, 5) is 0. The van der Waals surface area contributed by atoms with Crippen molar-refractivity contribution in [1.29, 1.82) is 0 Å². The standard InChI is InChI=1S/C10H12Br2O2/c11-7-13-5-9-3-1-2-4-10(9)6-14-8-12/h1-4H,5-8H2. The zero-order chi connectivity index (χ0) is 10.2. The van der Waals surface area contributed by atoms with Crippen LogP contribution in [-0.2, 0) is 22.7 Å². The predicted molar refractivity (Wildman–Crippen MR) is 63.6 cm³/mol. The van der Waals surface area contributed by atoms with Crippen LogP contribution in [0, 0.1) is 0 Å². The zero-order valence-corrected chi connectivity index (χ0v) is 10.9. The van der Waals surface area contributed by atoms with E-state index in [1.807, 2.05) is 12.1 Å². The molecule has 4 heteroatoms. The first-order valence-corrected chi connectivity index (χ1v) is 6.47. The molecule has 0 radical (unpaired) electrons. The number of alkyl halides is 2. The first kappa shape index (κ1) is 12.2. The third-order valence-corrected chi connectivity index (χ3v) is 2.44. The van der Waals surface area contributed by atoms with Crippen molar-refractivity contribution >= 4 is 31.9 Å². The van der Waals surface area contributed by atoms with Gasteiger partial charge in [-0.2, -0.15) is 0 Å². The molecule has 0 saturated heterocycles. The van der Waals surface area contributed by atoms with E-state index in [-0.39, 0.29) is 0 Å². The van der Waals surface area contributed by atoms with E-state index in [1.54, 1.807) is 0 Å². The second-order valence-electron chi connectivity index (χ2n) is 2.68. The lowest BCUT2D eigenvalue weighted by atomic mass is 10.1. The van der Waals surface area contributed by atoms with Gasteiger partial charge in [-0.05, 0) is 11.1 Å². The molecule has 1 aromatic rings. The Hall–Kier alpha value is 0.100. The normalized spacial score (nSPS) is 10.4. The number of hydrogen-bond acceptors (Lipinski definition) is 2. The van der Waals surface area contributed by atoms with E-state index < -0.39 is 0 Å². The number of halogens is 2. The molecule has 0 unspecified atom stereocenters. The van der Waals surface area contributed by atoms with Gasteiger partial charge in [0.05, 0.1) is 13.2 Å². The maximum absolute atomic E-state index is 5.29. The van der Waals surface area contributed by atoms with Crippen molar-refractivity contribution in [3.63, 3.8) is 0 Å². The minimum Gasteiger partial charge on any atom is -0.366 e. The Bertz CT molecular complexity index is 239. The van der Waals surface area contributed by atoms with E-state index in [4.69, 9.17) is 9.47 Å². The maximum Gasteiger partial charge on any atom is 0.102 e. The van der Waals surface area contributed by atoms with Crippen LogP contribution in [0.5, 0.6) is 0 Å². The smallest absolute Gasteiger partial charge is 0.102 e. The van der Waals surface area contributed by atoms with Gasteiger partial charge in [-0.1, -0.05) is 56.1 Å². The van der Waals surface area contributed by atoms with E-state index in [0.29, 0.717) is 24.2 Å². The van der Waals surface area contributed by atoms with Crippen molar-refractivity contribution in [2.45, 2.75) is 13.2 Å². The molecule has 0 N–H and O–H groups in total. The van der Waals surface area contributed by atoms with Crippen molar-refractivity contribution in [1.82, 2.24) is 0 Å². The van der Waals surface area contributed by atoms with Crippen molar-refractivity contribution in [2.24, 2.45) is 0 Å². The van der Waals surface area contributed by atoms with Crippen LogP contribution >= 0.6 is 31.9 Å². The highest BCUT2D eigenvalue weighted by atomic mass is 79.9. The van der Waals surface area contributed by atoms with Crippen molar-refractivity contribution < 1.29 is 9.47 Å². The highest BCUT2D eigenvalue weighted by Crippen LogP contribution is 2.12. The summed E-state index contributed by atoms with van der Waals surface area (Å²) in [6.07, 6.45) is 0. The Morgan fingerprint density at radius 2 is 1.29 bits per heavy atom. The maximum atomic E-state index is 5.29. The molecule has 1 aromatic carbocycles. The van der Waals surface area contributed by atoms with Crippen LogP contribution in [0.15, 0.2) is 24.3 Å². The van der Waals surface area contributed by atoms with Crippen LogP contribution in [0.25, 0.3) is 0 Å².